The SMILES string of the molecule is C=CCn1c(SCC(=O)Nc2sc3c(c2C(=O)OCC)CCC(C)C3)nnc1C(C)Oc1ccc(OC)cc1. The van der Waals surface area contributed by atoms with Crippen LogP contribution in [0.4, 0.5) is 5.00 Å². The van der Waals surface area contributed by atoms with Gasteiger partial charge in [0.15, 0.2) is 17.1 Å². The van der Waals surface area contributed by atoms with Crippen LogP contribution in [-0.4, -0.2) is 46.1 Å². The maximum absolute atomic E-state index is 13.0. The fraction of sp³-hybridized carbons (Fsp3) is 0.429. The smallest absolute Gasteiger partial charge is 0.341 e. The first kappa shape index (κ1) is 28.7. The molecule has 2 atom stereocenters. The van der Waals surface area contributed by atoms with Gasteiger partial charge in [0, 0.05) is 11.4 Å². The van der Waals surface area contributed by atoms with Gasteiger partial charge in [-0.3, -0.25) is 9.36 Å². The number of benzene rings is 1. The summed E-state index contributed by atoms with van der Waals surface area (Å²) in [6, 6.07) is 7.32. The number of anilines is 1. The van der Waals surface area contributed by atoms with Crippen LogP contribution in [0.1, 0.15) is 59.9 Å². The lowest BCUT2D eigenvalue weighted by atomic mass is 9.88. The van der Waals surface area contributed by atoms with Gasteiger partial charge in [-0.1, -0.05) is 24.8 Å². The molecule has 1 aromatic carbocycles. The Morgan fingerprint density at radius 2 is 2.03 bits per heavy atom. The fourth-order valence-electron chi connectivity index (χ4n) is 4.47. The van der Waals surface area contributed by atoms with Crippen molar-refractivity contribution in [2.75, 3.05) is 24.8 Å². The average molecular weight is 571 g/mol. The molecule has 2 aromatic heterocycles. The number of fused-ring (bicyclic) bond motifs is 1. The zero-order chi connectivity index (χ0) is 27.9. The molecule has 11 heteroatoms. The van der Waals surface area contributed by atoms with Gasteiger partial charge in [-0.05, 0) is 68.9 Å². The van der Waals surface area contributed by atoms with Crippen molar-refractivity contribution >= 4 is 40.0 Å². The molecule has 39 heavy (non-hydrogen) atoms. The second kappa shape index (κ2) is 13.2. The largest absolute Gasteiger partial charge is 0.497 e. The Morgan fingerprint density at radius 1 is 1.28 bits per heavy atom. The first-order valence-electron chi connectivity index (χ1n) is 12.9. The average Bonchev–Trinajstić information content (AvgIpc) is 3.48. The zero-order valence-corrected chi connectivity index (χ0v) is 24.3. The number of amides is 1. The molecule has 4 rings (SSSR count). The molecule has 1 N–H and O–H groups in total. The van der Waals surface area contributed by atoms with E-state index in [9.17, 15) is 9.59 Å². The third-order valence-electron chi connectivity index (χ3n) is 6.37. The van der Waals surface area contributed by atoms with Crippen LogP contribution in [0.25, 0.3) is 0 Å². The Kier molecular flexibility index (Phi) is 9.68. The predicted molar refractivity (Wildman–Crippen MR) is 153 cm³/mol. The van der Waals surface area contributed by atoms with Gasteiger partial charge in [0.05, 0.1) is 25.0 Å². The minimum Gasteiger partial charge on any atom is -0.497 e. The summed E-state index contributed by atoms with van der Waals surface area (Å²) in [4.78, 5) is 26.9. The molecule has 0 bridgehead atoms. The number of carbonyl (C=O) groups is 2. The molecule has 1 amide bonds. The number of nitrogens with zero attached hydrogens (tertiary/aromatic N) is 3. The van der Waals surface area contributed by atoms with Crippen molar-refractivity contribution in [2.45, 2.75) is 57.8 Å². The molecular weight excluding hydrogens is 536 g/mol. The van der Waals surface area contributed by atoms with Crippen molar-refractivity contribution < 1.29 is 23.8 Å². The molecule has 9 nitrogen and oxygen atoms in total. The van der Waals surface area contributed by atoms with Crippen LogP contribution >= 0.6 is 23.1 Å². The van der Waals surface area contributed by atoms with E-state index in [0.29, 0.717) is 39.8 Å². The van der Waals surface area contributed by atoms with Gasteiger partial charge in [-0.15, -0.1) is 28.1 Å². The Morgan fingerprint density at radius 3 is 2.72 bits per heavy atom. The van der Waals surface area contributed by atoms with Crippen LogP contribution in [0.15, 0.2) is 42.1 Å². The second-order valence-electron chi connectivity index (χ2n) is 9.29. The molecule has 2 heterocycles. The van der Waals surface area contributed by atoms with Gasteiger partial charge >= 0.3 is 5.97 Å². The van der Waals surface area contributed by atoms with Gasteiger partial charge in [-0.25, -0.2) is 4.79 Å². The topological polar surface area (TPSA) is 105 Å². The normalized spacial score (nSPS) is 15.2. The number of rotatable bonds is 12. The molecule has 3 aromatic rings. The van der Waals surface area contributed by atoms with Crippen LogP contribution in [0, 0.1) is 5.92 Å². The van der Waals surface area contributed by atoms with Gasteiger partial charge in [0.2, 0.25) is 5.91 Å². The highest BCUT2D eigenvalue weighted by Gasteiger charge is 2.29. The van der Waals surface area contributed by atoms with Crippen LogP contribution in [-0.2, 0) is 28.9 Å². The van der Waals surface area contributed by atoms with Gasteiger partial charge in [0.1, 0.15) is 16.5 Å². The summed E-state index contributed by atoms with van der Waals surface area (Å²) in [7, 11) is 1.61. The molecule has 0 spiro atoms. The first-order valence-corrected chi connectivity index (χ1v) is 14.7. The van der Waals surface area contributed by atoms with Crippen molar-refractivity contribution in [3.8, 4) is 11.5 Å². The first-order chi connectivity index (χ1) is 18.8. The van der Waals surface area contributed by atoms with Crippen molar-refractivity contribution in [3.05, 3.63) is 58.7 Å². The number of thioether (sulfide) groups is 1. The summed E-state index contributed by atoms with van der Waals surface area (Å²) in [5.41, 5.74) is 1.52. The number of hydrogen-bond acceptors (Lipinski definition) is 9. The second-order valence-corrected chi connectivity index (χ2v) is 11.3. The summed E-state index contributed by atoms with van der Waals surface area (Å²) < 4.78 is 18.5. The van der Waals surface area contributed by atoms with E-state index in [-0.39, 0.29) is 30.3 Å². The monoisotopic (exact) mass is 570 g/mol. The molecule has 0 radical (unpaired) electrons. The van der Waals surface area contributed by atoms with E-state index < -0.39 is 0 Å². The summed E-state index contributed by atoms with van der Waals surface area (Å²) in [6.07, 6.45) is 4.10. The maximum atomic E-state index is 13.0. The predicted octanol–water partition coefficient (Wildman–Crippen LogP) is 5.71. The minimum atomic E-state index is -0.388. The molecular formula is C28H34N4O5S2. The number of thiophene rings is 1. The van der Waals surface area contributed by atoms with Crippen molar-refractivity contribution in [1.82, 2.24) is 14.8 Å². The van der Waals surface area contributed by atoms with E-state index in [4.69, 9.17) is 14.2 Å². The minimum absolute atomic E-state index is 0.101. The standard InChI is InChI=1S/C28H34N4O5S2/c1-6-14-32-25(18(4)37-20-11-9-19(35-5)10-12-20)30-31-28(32)38-16-23(33)29-26-24(27(34)36-7-2)21-13-8-17(3)15-22(21)39-26/h6,9-12,17-18H,1,7-8,13-16H2,2-5H3,(H,29,33). The third-order valence-corrected chi connectivity index (χ3v) is 8.51. The number of methoxy groups -OCH3 is 1. The molecule has 2 unspecified atom stereocenters. The van der Waals surface area contributed by atoms with Crippen LogP contribution in [0.3, 0.4) is 0 Å². The Hall–Kier alpha value is -3.31. The highest BCUT2D eigenvalue weighted by Crippen LogP contribution is 2.40. The summed E-state index contributed by atoms with van der Waals surface area (Å²) in [5.74, 6) is 2.08. The quantitative estimate of drug-likeness (QED) is 0.168. The van der Waals surface area contributed by atoms with E-state index in [1.807, 2.05) is 35.8 Å². The van der Waals surface area contributed by atoms with E-state index in [2.05, 4.69) is 29.0 Å². The van der Waals surface area contributed by atoms with Crippen molar-refractivity contribution in [2.24, 2.45) is 5.92 Å². The zero-order valence-electron chi connectivity index (χ0n) is 22.7. The van der Waals surface area contributed by atoms with Crippen LogP contribution in [0.5, 0.6) is 11.5 Å². The number of hydrogen-bond donors (Lipinski definition) is 1. The Bertz CT molecular complexity index is 1320. The number of carbonyl (C=O) groups excluding carboxylic acids is 2. The molecule has 1 aliphatic rings. The highest BCUT2D eigenvalue weighted by atomic mass is 32.2. The van der Waals surface area contributed by atoms with Crippen molar-refractivity contribution in [1.29, 1.82) is 0 Å². The third kappa shape index (κ3) is 6.83. The fourth-order valence-corrected chi connectivity index (χ4v) is 6.64. The van der Waals surface area contributed by atoms with E-state index >= 15 is 0 Å². The van der Waals surface area contributed by atoms with Crippen molar-refractivity contribution in [3.63, 3.8) is 0 Å². The van der Waals surface area contributed by atoms with E-state index in [0.717, 1.165) is 35.5 Å². The molecule has 0 saturated heterocycles. The molecule has 0 fully saturated rings. The summed E-state index contributed by atoms with van der Waals surface area (Å²) >= 11 is 2.75. The summed E-state index contributed by atoms with van der Waals surface area (Å²) in [5, 5.41) is 12.8. The molecule has 1 aliphatic carbocycles. The lowest BCUT2D eigenvalue weighted by molar-refractivity contribution is -0.113. The maximum Gasteiger partial charge on any atom is 0.341 e. The molecule has 0 aliphatic heterocycles. The van der Waals surface area contributed by atoms with E-state index in [1.165, 1.54) is 23.1 Å². The highest BCUT2D eigenvalue weighted by molar-refractivity contribution is 7.99. The number of nitrogens with one attached hydrogen (secondary N) is 1. The Balaban J connectivity index is 1.45. The number of esters is 1. The number of allylic oxidation sites excluding steroid dienone is 1. The molecule has 0 saturated carbocycles. The van der Waals surface area contributed by atoms with Crippen LogP contribution in [0.2, 0.25) is 0 Å². The number of aromatic nitrogens is 3. The molecule has 208 valence electrons. The summed E-state index contributed by atoms with van der Waals surface area (Å²) in [6.45, 7) is 10.5. The van der Waals surface area contributed by atoms with Gasteiger partial charge in [0.25, 0.3) is 0 Å². The Labute approximate surface area is 236 Å². The van der Waals surface area contributed by atoms with Crippen LogP contribution < -0.4 is 14.8 Å². The lowest BCUT2D eigenvalue weighted by Gasteiger charge is -2.18. The lowest BCUT2D eigenvalue weighted by Crippen LogP contribution is -2.18. The number of ether oxygens (including phenoxy) is 3. The van der Waals surface area contributed by atoms with Gasteiger partial charge in [-0.2, -0.15) is 0 Å². The van der Waals surface area contributed by atoms with Gasteiger partial charge < -0.3 is 19.5 Å². The van der Waals surface area contributed by atoms with E-state index in [1.54, 1.807) is 20.1 Å².